The van der Waals surface area contributed by atoms with Crippen LogP contribution in [0.1, 0.15) is 6.92 Å². The third kappa shape index (κ3) is 2.65. The third-order valence-corrected chi connectivity index (χ3v) is 1.79. The highest BCUT2D eigenvalue weighted by Gasteiger charge is 2.24. The molecule has 0 fully saturated rings. The Morgan fingerprint density at radius 1 is 1.29 bits per heavy atom. The van der Waals surface area contributed by atoms with Gasteiger partial charge in [0.1, 0.15) is 0 Å². The molecular formula is C8H7N3O6. The van der Waals surface area contributed by atoms with E-state index in [1.807, 2.05) is 5.32 Å². The van der Waals surface area contributed by atoms with Crippen molar-refractivity contribution >= 4 is 23.0 Å². The molecule has 0 saturated carbocycles. The Morgan fingerprint density at radius 2 is 1.88 bits per heavy atom. The summed E-state index contributed by atoms with van der Waals surface area (Å²) in [5, 5.41) is 32.5. The lowest BCUT2D eigenvalue weighted by Crippen LogP contribution is -2.08. The first-order valence-electron chi connectivity index (χ1n) is 4.26. The number of benzene rings is 1. The predicted octanol–water partition coefficient (Wildman–Crippen LogP) is 1.17. The molecule has 1 amide bonds. The summed E-state index contributed by atoms with van der Waals surface area (Å²) in [5.41, 5.74) is -1.84. The lowest BCUT2D eigenvalue weighted by atomic mass is 10.2. The minimum Gasteiger partial charge on any atom is -0.505 e. The van der Waals surface area contributed by atoms with Crippen molar-refractivity contribution in [2.45, 2.75) is 6.92 Å². The molecule has 0 saturated heterocycles. The highest BCUT2D eigenvalue weighted by Crippen LogP contribution is 2.37. The van der Waals surface area contributed by atoms with Gasteiger partial charge in [-0.1, -0.05) is 0 Å². The van der Waals surface area contributed by atoms with Crippen molar-refractivity contribution in [3.63, 3.8) is 0 Å². The van der Waals surface area contributed by atoms with E-state index in [-0.39, 0.29) is 0 Å². The van der Waals surface area contributed by atoms with Crippen LogP contribution in [0.4, 0.5) is 17.1 Å². The van der Waals surface area contributed by atoms with E-state index in [0.29, 0.717) is 6.07 Å². The van der Waals surface area contributed by atoms with E-state index in [9.17, 15) is 30.1 Å². The van der Waals surface area contributed by atoms with Gasteiger partial charge in [0.05, 0.1) is 22.0 Å². The van der Waals surface area contributed by atoms with Crippen molar-refractivity contribution in [2.75, 3.05) is 5.32 Å². The largest absolute Gasteiger partial charge is 0.505 e. The molecule has 90 valence electrons. The molecule has 0 atom stereocenters. The lowest BCUT2D eigenvalue weighted by Gasteiger charge is -2.05. The summed E-state index contributed by atoms with van der Waals surface area (Å²) in [7, 11) is 0. The van der Waals surface area contributed by atoms with E-state index in [2.05, 4.69) is 0 Å². The maximum Gasteiger partial charge on any atom is 0.303 e. The van der Waals surface area contributed by atoms with Crippen LogP contribution >= 0.6 is 0 Å². The zero-order valence-corrected chi connectivity index (χ0v) is 8.54. The molecule has 9 nitrogen and oxygen atoms in total. The number of nitrogens with zero attached hydrogens (tertiary/aromatic N) is 2. The van der Waals surface area contributed by atoms with Crippen molar-refractivity contribution in [1.29, 1.82) is 0 Å². The van der Waals surface area contributed by atoms with Gasteiger partial charge in [0.2, 0.25) is 5.91 Å². The van der Waals surface area contributed by atoms with E-state index in [1.165, 1.54) is 0 Å². The first kappa shape index (κ1) is 12.4. The fraction of sp³-hybridized carbons (Fsp3) is 0.125. The Kier molecular flexibility index (Phi) is 3.22. The number of phenols is 1. The summed E-state index contributed by atoms with van der Waals surface area (Å²) in [5.74, 6) is -1.38. The van der Waals surface area contributed by atoms with Crippen LogP contribution in [0.25, 0.3) is 0 Å². The second-order valence-corrected chi connectivity index (χ2v) is 3.05. The van der Waals surface area contributed by atoms with Gasteiger partial charge in [0, 0.05) is 6.92 Å². The van der Waals surface area contributed by atoms with E-state index < -0.39 is 38.6 Å². The number of hydrogen-bond acceptors (Lipinski definition) is 6. The SMILES string of the molecule is CC(=O)Nc1c(O)cc([N+](=O)[O-])cc1[N+](=O)[O-]. The number of carbonyl (C=O) groups excluding carboxylic acids is 1. The number of rotatable bonds is 3. The third-order valence-electron chi connectivity index (χ3n) is 1.79. The van der Waals surface area contributed by atoms with Crippen LogP contribution in [0, 0.1) is 20.2 Å². The second kappa shape index (κ2) is 4.43. The molecule has 0 bridgehead atoms. The molecule has 0 spiro atoms. The van der Waals surface area contributed by atoms with Crippen molar-refractivity contribution in [3.05, 3.63) is 32.4 Å². The number of nitro groups is 2. The molecule has 0 aliphatic carbocycles. The van der Waals surface area contributed by atoms with Crippen LogP contribution < -0.4 is 5.32 Å². The molecule has 1 aromatic carbocycles. The van der Waals surface area contributed by atoms with Crippen molar-refractivity contribution in [3.8, 4) is 5.75 Å². The topological polar surface area (TPSA) is 136 Å². The number of carbonyl (C=O) groups is 1. The van der Waals surface area contributed by atoms with Crippen LogP contribution in [0.5, 0.6) is 5.75 Å². The first-order valence-corrected chi connectivity index (χ1v) is 4.26. The summed E-state index contributed by atoms with van der Waals surface area (Å²) in [6, 6.07) is 1.38. The smallest absolute Gasteiger partial charge is 0.303 e. The van der Waals surface area contributed by atoms with Gasteiger partial charge in [-0.05, 0) is 0 Å². The van der Waals surface area contributed by atoms with E-state index in [4.69, 9.17) is 0 Å². The predicted molar refractivity (Wildman–Crippen MR) is 55.7 cm³/mol. The molecule has 0 unspecified atom stereocenters. The Hall–Kier alpha value is -2.71. The molecule has 9 heteroatoms. The normalized spacial score (nSPS) is 9.71. The number of phenolic OH excluding ortho intramolecular Hbond substituents is 1. The van der Waals surface area contributed by atoms with Gasteiger partial charge < -0.3 is 10.4 Å². The average Bonchev–Trinajstić information content (AvgIpc) is 2.19. The summed E-state index contributed by atoms with van der Waals surface area (Å²) in [6.45, 7) is 1.09. The maximum atomic E-state index is 10.8. The molecule has 0 aromatic heterocycles. The Balaban J connectivity index is 3.43. The van der Waals surface area contributed by atoms with Crippen LogP contribution in [-0.4, -0.2) is 20.9 Å². The van der Waals surface area contributed by atoms with Crippen LogP contribution in [-0.2, 0) is 4.79 Å². The van der Waals surface area contributed by atoms with E-state index in [0.717, 1.165) is 13.0 Å². The summed E-state index contributed by atoms with van der Waals surface area (Å²) in [6.07, 6.45) is 0. The standard InChI is InChI=1S/C8H7N3O6/c1-4(12)9-8-6(11(16)17)2-5(10(14)15)3-7(8)13/h2-3,13H,1H3,(H,9,12). The highest BCUT2D eigenvalue weighted by molar-refractivity contribution is 5.94. The summed E-state index contributed by atoms with van der Waals surface area (Å²) < 4.78 is 0. The fourth-order valence-electron chi connectivity index (χ4n) is 1.15. The summed E-state index contributed by atoms with van der Waals surface area (Å²) in [4.78, 5) is 30.1. The zero-order valence-electron chi connectivity index (χ0n) is 8.54. The van der Waals surface area contributed by atoms with Gasteiger partial charge in [0.15, 0.2) is 11.4 Å². The second-order valence-electron chi connectivity index (χ2n) is 3.05. The minimum absolute atomic E-state index is 0.465. The van der Waals surface area contributed by atoms with Gasteiger partial charge in [-0.15, -0.1) is 0 Å². The number of nitro benzene ring substituents is 2. The lowest BCUT2D eigenvalue weighted by molar-refractivity contribution is -0.393. The molecule has 2 N–H and O–H groups in total. The monoisotopic (exact) mass is 241 g/mol. The van der Waals surface area contributed by atoms with Crippen LogP contribution in [0.3, 0.4) is 0 Å². The number of amides is 1. The number of anilines is 1. The Morgan fingerprint density at radius 3 is 2.29 bits per heavy atom. The summed E-state index contributed by atoms with van der Waals surface area (Å²) >= 11 is 0. The molecule has 0 heterocycles. The van der Waals surface area contributed by atoms with Gasteiger partial charge in [-0.3, -0.25) is 25.0 Å². The first-order chi connectivity index (χ1) is 7.82. The molecule has 17 heavy (non-hydrogen) atoms. The minimum atomic E-state index is -0.933. The van der Waals surface area contributed by atoms with Crippen molar-refractivity contribution < 1.29 is 19.7 Å². The van der Waals surface area contributed by atoms with E-state index in [1.54, 1.807) is 0 Å². The zero-order chi connectivity index (χ0) is 13.2. The Labute approximate surface area is 94.0 Å². The van der Waals surface area contributed by atoms with Crippen LogP contribution in [0.2, 0.25) is 0 Å². The van der Waals surface area contributed by atoms with Crippen molar-refractivity contribution in [1.82, 2.24) is 0 Å². The fourth-order valence-corrected chi connectivity index (χ4v) is 1.15. The molecule has 1 rings (SSSR count). The van der Waals surface area contributed by atoms with Gasteiger partial charge in [-0.25, -0.2) is 0 Å². The maximum absolute atomic E-state index is 10.8. The number of aromatic hydroxyl groups is 1. The average molecular weight is 241 g/mol. The molecular weight excluding hydrogens is 234 g/mol. The van der Waals surface area contributed by atoms with Gasteiger partial charge in [0.25, 0.3) is 5.69 Å². The number of hydrogen-bond donors (Lipinski definition) is 2. The van der Waals surface area contributed by atoms with Crippen molar-refractivity contribution in [2.24, 2.45) is 0 Å². The quantitative estimate of drug-likeness (QED) is 0.463. The molecule has 0 radical (unpaired) electrons. The van der Waals surface area contributed by atoms with Gasteiger partial charge >= 0.3 is 5.69 Å². The van der Waals surface area contributed by atoms with Crippen LogP contribution in [0.15, 0.2) is 12.1 Å². The van der Waals surface area contributed by atoms with Gasteiger partial charge in [-0.2, -0.15) is 0 Å². The molecule has 0 aliphatic heterocycles. The Bertz CT molecular complexity index is 512. The number of nitrogens with one attached hydrogen (secondary N) is 1. The highest BCUT2D eigenvalue weighted by atomic mass is 16.6. The van der Waals surface area contributed by atoms with E-state index >= 15 is 0 Å². The number of non-ortho nitro benzene ring substituents is 1. The molecule has 0 aliphatic rings. The molecule has 1 aromatic rings.